The van der Waals surface area contributed by atoms with E-state index in [-0.39, 0.29) is 5.91 Å². The summed E-state index contributed by atoms with van der Waals surface area (Å²) in [7, 11) is 1.58. The van der Waals surface area contributed by atoms with E-state index in [2.05, 4.69) is 5.32 Å². The molecule has 0 heterocycles. The quantitative estimate of drug-likeness (QED) is 0.877. The lowest BCUT2D eigenvalue weighted by Crippen LogP contribution is -2.13. The summed E-state index contributed by atoms with van der Waals surface area (Å²) in [6.07, 6.45) is 0.760. The van der Waals surface area contributed by atoms with Crippen LogP contribution in [0.5, 0.6) is 5.75 Å². The van der Waals surface area contributed by atoms with Gasteiger partial charge in [0.2, 0.25) is 0 Å². The first kappa shape index (κ1) is 14.1. The number of carbonyl (C=O) groups is 1. The average Bonchev–Trinajstić information content (AvgIpc) is 2.48. The van der Waals surface area contributed by atoms with E-state index in [1.807, 2.05) is 30.3 Å². The van der Waals surface area contributed by atoms with E-state index in [1.165, 1.54) is 0 Å². The molecular formula is C16H18N2O2. The zero-order valence-corrected chi connectivity index (χ0v) is 11.4. The number of nitrogens with one attached hydrogen (secondary N) is 1. The summed E-state index contributed by atoms with van der Waals surface area (Å²) in [6.45, 7) is 0.567. The number of amides is 1. The summed E-state index contributed by atoms with van der Waals surface area (Å²) in [4.78, 5) is 12.2. The third-order valence-electron chi connectivity index (χ3n) is 2.98. The molecule has 0 atom stereocenters. The fourth-order valence-electron chi connectivity index (χ4n) is 1.98. The van der Waals surface area contributed by atoms with Crippen molar-refractivity contribution in [3.63, 3.8) is 0 Å². The number of hydrogen-bond acceptors (Lipinski definition) is 3. The van der Waals surface area contributed by atoms with Gasteiger partial charge in [-0.05, 0) is 42.8 Å². The van der Waals surface area contributed by atoms with Gasteiger partial charge in [0.15, 0.2) is 0 Å². The minimum atomic E-state index is -0.159. The van der Waals surface area contributed by atoms with Gasteiger partial charge in [-0.25, -0.2) is 0 Å². The Morgan fingerprint density at radius 1 is 1.20 bits per heavy atom. The number of rotatable bonds is 5. The SMILES string of the molecule is COc1ccccc1NC(=O)c1cccc(CCN)c1. The maximum Gasteiger partial charge on any atom is 0.255 e. The van der Waals surface area contributed by atoms with Crippen LogP contribution < -0.4 is 15.8 Å². The molecule has 2 rings (SSSR count). The summed E-state index contributed by atoms with van der Waals surface area (Å²) >= 11 is 0. The number of carbonyl (C=O) groups excluding carboxylic acids is 1. The van der Waals surface area contributed by atoms with Crippen molar-refractivity contribution < 1.29 is 9.53 Å². The van der Waals surface area contributed by atoms with Crippen LogP contribution in [0, 0.1) is 0 Å². The Bertz CT molecular complexity index is 597. The molecule has 4 heteroatoms. The monoisotopic (exact) mass is 270 g/mol. The van der Waals surface area contributed by atoms with Crippen LogP contribution in [0.1, 0.15) is 15.9 Å². The summed E-state index contributed by atoms with van der Waals surface area (Å²) in [6, 6.07) is 14.8. The van der Waals surface area contributed by atoms with Crippen molar-refractivity contribution in [2.45, 2.75) is 6.42 Å². The van der Waals surface area contributed by atoms with Gasteiger partial charge >= 0.3 is 0 Å². The highest BCUT2D eigenvalue weighted by atomic mass is 16.5. The largest absolute Gasteiger partial charge is 0.495 e. The molecule has 0 unspecified atom stereocenters. The number of benzene rings is 2. The first-order chi connectivity index (χ1) is 9.74. The average molecular weight is 270 g/mol. The van der Waals surface area contributed by atoms with Crippen LogP contribution in [0.15, 0.2) is 48.5 Å². The number of methoxy groups -OCH3 is 1. The Hall–Kier alpha value is -2.33. The molecule has 0 saturated carbocycles. The number of hydrogen-bond donors (Lipinski definition) is 2. The molecule has 0 radical (unpaired) electrons. The zero-order chi connectivity index (χ0) is 14.4. The minimum absolute atomic E-state index is 0.159. The van der Waals surface area contributed by atoms with Crippen LogP contribution >= 0.6 is 0 Å². The van der Waals surface area contributed by atoms with Crippen LogP contribution in [0.3, 0.4) is 0 Å². The number of anilines is 1. The highest BCUT2D eigenvalue weighted by molar-refractivity contribution is 6.05. The van der Waals surface area contributed by atoms with Crippen LogP contribution in [-0.2, 0) is 6.42 Å². The van der Waals surface area contributed by atoms with Crippen LogP contribution in [0.4, 0.5) is 5.69 Å². The minimum Gasteiger partial charge on any atom is -0.495 e. The predicted molar refractivity (Wildman–Crippen MR) is 80.1 cm³/mol. The van der Waals surface area contributed by atoms with Gasteiger partial charge in [-0.15, -0.1) is 0 Å². The van der Waals surface area contributed by atoms with Crippen molar-refractivity contribution in [3.8, 4) is 5.75 Å². The topological polar surface area (TPSA) is 64.3 Å². The Kier molecular flexibility index (Phi) is 4.74. The van der Waals surface area contributed by atoms with Crippen molar-refractivity contribution in [2.75, 3.05) is 19.0 Å². The van der Waals surface area contributed by atoms with E-state index in [4.69, 9.17) is 10.5 Å². The molecule has 0 bridgehead atoms. The Morgan fingerprint density at radius 2 is 2.00 bits per heavy atom. The highest BCUT2D eigenvalue weighted by Gasteiger charge is 2.09. The summed E-state index contributed by atoms with van der Waals surface area (Å²) < 4.78 is 5.21. The molecular weight excluding hydrogens is 252 g/mol. The molecule has 3 N–H and O–H groups in total. The third-order valence-corrected chi connectivity index (χ3v) is 2.98. The van der Waals surface area contributed by atoms with E-state index in [0.717, 1.165) is 12.0 Å². The fraction of sp³-hybridized carbons (Fsp3) is 0.188. The van der Waals surface area contributed by atoms with Gasteiger partial charge < -0.3 is 15.8 Å². The molecule has 0 aromatic heterocycles. The molecule has 2 aromatic rings. The molecule has 104 valence electrons. The molecule has 0 spiro atoms. The number of nitrogens with two attached hydrogens (primary N) is 1. The molecule has 20 heavy (non-hydrogen) atoms. The lowest BCUT2D eigenvalue weighted by atomic mass is 10.1. The second-order valence-electron chi connectivity index (χ2n) is 4.39. The number of para-hydroxylation sites is 2. The van der Waals surface area contributed by atoms with Gasteiger partial charge in [-0.2, -0.15) is 0 Å². The van der Waals surface area contributed by atoms with E-state index >= 15 is 0 Å². The summed E-state index contributed by atoms with van der Waals surface area (Å²) in [5.41, 5.74) is 7.86. The molecule has 0 fully saturated rings. The van der Waals surface area contributed by atoms with E-state index in [9.17, 15) is 4.79 Å². The van der Waals surface area contributed by atoms with E-state index in [1.54, 1.807) is 25.3 Å². The van der Waals surface area contributed by atoms with Crippen molar-refractivity contribution in [3.05, 3.63) is 59.7 Å². The first-order valence-corrected chi connectivity index (χ1v) is 6.48. The van der Waals surface area contributed by atoms with Gasteiger partial charge in [0.1, 0.15) is 5.75 Å². The summed E-state index contributed by atoms with van der Waals surface area (Å²) in [5.74, 6) is 0.479. The van der Waals surface area contributed by atoms with E-state index < -0.39 is 0 Å². The van der Waals surface area contributed by atoms with Gasteiger partial charge in [-0.3, -0.25) is 4.79 Å². The standard InChI is InChI=1S/C16H18N2O2/c1-20-15-8-3-2-7-14(15)18-16(19)13-6-4-5-12(11-13)9-10-17/h2-8,11H,9-10,17H2,1H3,(H,18,19). The lowest BCUT2D eigenvalue weighted by Gasteiger charge is -2.10. The molecule has 1 amide bonds. The molecule has 2 aromatic carbocycles. The van der Waals surface area contributed by atoms with Crippen molar-refractivity contribution in [1.29, 1.82) is 0 Å². The summed E-state index contributed by atoms with van der Waals surface area (Å²) in [5, 5.41) is 2.85. The molecule has 0 aliphatic heterocycles. The van der Waals surface area contributed by atoms with Gasteiger partial charge in [-0.1, -0.05) is 24.3 Å². The molecule has 4 nitrogen and oxygen atoms in total. The van der Waals surface area contributed by atoms with Gasteiger partial charge in [0, 0.05) is 5.56 Å². The maximum absolute atomic E-state index is 12.2. The van der Waals surface area contributed by atoms with Crippen LogP contribution in [0.25, 0.3) is 0 Å². The van der Waals surface area contributed by atoms with E-state index in [0.29, 0.717) is 23.5 Å². The van der Waals surface area contributed by atoms with Crippen LogP contribution in [0.2, 0.25) is 0 Å². The Labute approximate surface area is 118 Å². The first-order valence-electron chi connectivity index (χ1n) is 6.48. The highest BCUT2D eigenvalue weighted by Crippen LogP contribution is 2.23. The fourth-order valence-corrected chi connectivity index (χ4v) is 1.98. The van der Waals surface area contributed by atoms with Crippen LogP contribution in [-0.4, -0.2) is 19.6 Å². The predicted octanol–water partition coefficient (Wildman–Crippen LogP) is 2.45. The molecule has 0 aliphatic rings. The maximum atomic E-state index is 12.2. The second-order valence-corrected chi connectivity index (χ2v) is 4.39. The third kappa shape index (κ3) is 3.36. The number of ether oxygens (including phenoxy) is 1. The normalized spacial score (nSPS) is 10.1. The van der Waals surface area contributed by atoms with Crippen molar-refractivity contribution in [1.82, 2.24) is 0 Å². The Morgan fingerprint density at radius 3 is 2.75 bits per heavy atom. The molecule has 0 saturated heterocycles. The van der Waals surface area contributed by atoms with Gasteiger partial charge in [0.25, 0.3) is 5.91 Å². The smallest absolute Gasteiger partial charge is 0.255 e. The second kappa shape index (κ2) is 6.73. The van der Waals surface area contributed by atoms with Gasteiger partial charge in [0.05, 0.1) is 12.8 Å². The molecule has 0 aliphatic carbocycles. The van der Waals surface area contributed by atoms with Crippen molar-refractivity contribution in [2.24, 2.45) is 5.73 Å². The van der Waals surface area contributed by atoms with Crippen molar-refractivity contribution >= 4 is 11.6 Å². The zero-order valence-electron chi connectivity index (χ0n) is 11.4. The lowest BCUT2D eigenvalue weighted by molar-refractivity contribution is 0.102. The Balaban J connectivity index is 2.17.